The fraction of sp³-hybridized carbons (Fsp3) is 0.538. The molecule has 2 atom stereocenters. The Labute approximate surface area is 118 Å². The predicted molar refractivity (Wildman–Crippen MR) is 75.0 cm³/mol. The van der Waals surface area contributed by atoms with Gasteiger partial charge >= 0.3 is 0 Å². The molecule has 2 rings (SSSR count). The fourth-order valence-electron chi connectivity index (χ4n) is 2.27. The van der Waals surface area contributed by atoms with Crippen molar-refractivity contribution in [1.82, 2.24) is 0 Å². The quantitative estimate of drug-likeness (QED) is 0.871. The molecule has 1 aromatic carbocycles. The molecule has 4 nitrogen and oxygen atoms in total. The first-order valence-electron chi connectivity index (χ1n) is 6.23. The highest BCUT2D eigenvalue weighted by Crippen LogP contribution is 2.52. The van der Waals surface area contributed by atoms with E-state index < -0.39 is 20.5 Å². The number of hydrogen-bond acceptors (Lipinski definition) is 4. The van der Waals surface area contributed by atoms with Crippen molar-refractivity contribution in [2.75, 3.05) is 19.8 Å². The first-order chi connectivity index (χ1) is 8.96. The van der Waals surface area contributed by atoms with Crippen molar-refractivity contribution in [3.63, 3.8) is 0 Å². The topological polar surface area (TPSA) is 69.4 Å². The number of rotatable bonds is 6. The molecule has 0 unspecified atom stereocenters. The first-order valence-corrected chi connectivity index (χ1v) is 8.16. The summed E-state index contributed by atoms with van der Waals surface area (Å²) in [6.45, 7) is 3.17. The minimum Gasteiger partial charge on any atom is -0.381 e. The van der Waals surface area contributed by atoms with Crippen molar-refractivity contribution < 1.29 is 13.2 Å². The van der Waals surface area contributed by atoms with E-state index in [2.05, 4.69) is 0 Å². The Morgan fingerprint density at radius 1 is 1.42 bits per heavy atom. The average Bonchev–Trinajstić information content (AvgIpc) is 3.13. The highest BCUT2D eigenvalue weighted by molar-refractivity contribution is 7.92. The third-order valence-electron chi connectivity index (χ3n) is 3.63. The van der Waals surface area contributed by atoms with E-state index in [1.807, 2.05) is 6.92 Å². The Bertz CT molecular complexity index is 544. The first kappa shape index (κ1) is 14.8. The van der Waals surface area contributed by atoms with Gasteiger partial charge in [0, 0.05) is 23.6 Å². The summed E-state index contributed by atoms with van der Waals surface area (Å²) in [6.07, 6.45) is 0.564. The Morgan fingerprint density at radius 3 is 2.58 bits per heavy atom. The molecule has 0 radical (unpaired) electrons. The molecule has 6 heteroatoms. The molecule has 0 heterocycles. The van der Waals surface area contributed by atoms with Crippen molar-refractivity contribution in [2.45, 2.75) is 23.5 Å². The van der Waals surface area contributed by atoms with E-state index in [0.29, 0.717) is 36.1 Å². The second-order valence-electron chi connectivity index (χ2n) is 4.90. The van der Waals surface area contributed by atoms with Crippen molar-refractivity contribution >= 4 is 21.4 Å². The number of hydrogen-bond donors (Lipinski definition) is 1. The lowest BCUT2D eigenvalue weighted by Crippen LogP contribution is -2.28. The summed E-state index contributed by atoms with van der Waals surface area (Å²) in [7, 11) is -3.35. The van der Waals surface area contributed by atoms with Gasteiger partial charge in [0.1, 0.15) is 0 Å². The molecule has 0 bridgehead atoms. The highest BCUT2D eigenvalue weighted by atomic mass is 35.5. The lowest BCUT2D eigenvalue weighted by atomic mass is 10.1. The number of halogens is 1. The molecule has 19 heavy (non-hydrogen) atoms. The van der Waals surface area contributed by atoms with E-state index in [9.17, 15) is 8.42 Å². The zero-order chi connectivity index (χ0) is 14.1. The van der Waals surface area contributed by atoms with Crippen LogP contribution in [0.5, 0.6) is 0 Å². The number of nitrogens with two attached hydrogens (primary N) is 1. The van der Waals surface area contributed by atoms with Crippen LogP contribution in [0.25, 0.3) is 0 Å². The van der Waals surface area contributed by atoms with Gasteiger partial charge in [-0.1, -0.05) is 11.6 Å². The van der Waals surface area contributed by atoms with E-state index in [4.69, 9.17) is 22.1 Å². The van der Waals surface area contributed by atoms with E-state index in [1.165, 1.54) is 12.1 Å². The monoisotopic (exact) mass is 303 g/mol. The SMILES string of the molecule is CCOC[C@@]1(CN)C[C@H]1S(=O)(=O)c1ccc(Cl)cc1. The van der Waals surface area contributed by atoms with Gasteiger partial charge < -0.3 is 10.5 Å². The van der Waals surface area contributed by atoms with Crippen molar-refractivity contribution in [1.29, 1.82) is 0 Å². The van der Waals surface area contributed by atoms with Gasteiger partial charge in [0.05, 0.1) is 16.8 Å². The number of sulfone groups is 1. The van der Waals surface area contributed by atoms with Gasteiger partial charge in [0.2, 0.25) is 0 Å². The van der Waals surface area contributed by atoms with Gasteiger partial charge in [0.25, 0.3) is 0 Å². The Balaban J connectivity index is 2.20. The fourth-order valence-corrected chi connectivity index (χ4v) is 4.61. The summed E-state index contributed by atoms with van der Waals surface area (Å²) >= 11 is 5.77. The van der Waals surface area contributed by atoms with Crippen LogP contribution in [0.15, 0.2) is 29.2 Å². The zero-order valence-corrected chi connectivity index (χ0v) is 12.4. The molecular formula is C13H18ClNO3S. The van der Waals surface area contributed by atoms with E-state index >= 15 is 0 Å². The van der Waals surface area contributed by atoms with Gasteiger partial charge in [0.15, 0.2) is 9.84 Å². The zero-order valence-electron chi connectivity index (χ0n) is 10.8. The summed E-state index contributed by atoms with van der Waals surface area (Å²) in [5.74, 6) is 0. The second-order valence-corrected chi connectivity index (χ2v) is 7.46. The van der Waals surface area contributed by atoms with Gasteiger partial charge in [-0.15, -0.1) is 0 Å². The Kier molecular flexibility index (Phi) is 4.20. The maximum Gasteiger partial charge on any atom is 0.181 e. The van der Waals surface area contributed by atoms with Crippen molar-refractivity contribution in [3.05, 3.63) is 29.3 Å². The molecule has 0 amide bonds. The smallest absolute Gasteiger partial charge is 0.181 e. The van der Waals surface area contributed by atoms with E-state index in [0.717, 1.165) is 0 Å². The maximum atomic E-state index is 12.5. The van der Waals surface area contributed by atoms with Crippen LogP contribution in [0, 0.1) is 5.41 Å². The molecular weight excluding hydrogens is 286 g/mol. The molecule has 106 valence electrons. The lowest BCUT2D eigenvalue weighted by Gasteiger charge is -2.15. The molecule has 0 aliphatic heterocycles. The third-order valence-corrected chi connectivity index (χ3v) is 6.23. The molecule has 1 aromatic rings. The molecule has 0 aromatic heterocycles. The largest absolute Gasteiger partial charge is 0.381 e. The molecule has 1 fully saturated rings. The number of benzene rings is 1. The molecule has 0 spiro atoms. The summed E-state index contributed by atoms with van der Waals surface area (Å²) < 4.78 is 30.3. The molecule has 1 aliphatic rings. The molecule has 2 N–H and O–H groups in total. The van der Waals surface area contributed by atoms with Gasteiger partial charge in [-0.2, -0.15) is 0 Å². The Hall–Kier alpha value is -0.620. The number of ether oxygens (including phenoxy) is 1. The van der Waals surface area contributed by atoms with Crippen LogP contribution in [0.4, 0.5) is 0 Å². The lowest BCUT2D eigenvalue weighted by molar-refractivity contribution is 0.104. The van der Waals surface area contributed by atoms with Crippen LogP contribution in [-0.2, 0) is 14.6 Å². The van der Waals surface area contributed by atoms with Crippen LogP contribution in [0.1, 0.15) is 13.3 Å². The van der Waals surface area contributed by atoms with Crippen molar-refractivity contribution in [2.24, 2.45) is 11.1 Å². The van der Waals surface area contributed by atoms with E-state index in [1.54, 1.807) is 12.1 Å². The summed E-state index contributed by atoms with van der Waals surface area (Å²) in [4.78, 5) is 0.300. The Morgan fingerprint density at radius 2 is 2.05 bits per heavy atom. The van der Waals surface area contributed by atoms with Crippen LogP contribution < -0.4 is 5.73 Å². The van der Waals surface area contributed by atoms with Gasteiger partial charge in [-0.3, -0.25) is 0 Å². The molecule has 1 aliphatic carbocycles. The van der Waals surface area contributed by atoms with Crippen LogP contribution in [0.2, 0.25) is 5.02 Å². The standard InChI is InChI=1S/C13H18ClNO3S/c1-2-18-9-13(8-15)7-12(13)19(16,17)11-5-3-10(14)4-6-11/h3-6,12H,2,7-9,15H2,1H3/t12-,13+/m1/s1. The van der Waals surface area contributed by atoms with Crippen LogP contribution in [-0.4, -0.2) is 33.4 Å². The minimum atomic E-state index is -3.35. The summed E-state index contributed by atoms with van der Waals surface area (Å²) in [5.41, 5.74) is 5.31. The second kappa shape index (κ2) is 5.40. The normalized spacial score (nSPS) is 26.4. The highest BCUT2D eigenvalue weighted by Gasteiger charge is 2.60. The predicted octanol–water partition coefficient (Wildman–Crippen LogP) is 1.87. The molecule has 0 saturated heterocycles. The van der Waals surface area contributed by atoms with E-state index in [-0.39, 0.29) is 0 Å². The van der Waals surface area contributed by atoms with Crippen LogP contribution >= 0.6 is 11.6 Å². The summed E-state index contributed by atoms with van der Waals surface area (Å²) in [5, 5.41) is 0.0758. The van der Waals surface area contributed by atoms with Gasteiger partial charge in [-0.05, 0) is 37.6 Å². The van der Waals surface area contributed by atoms with Crippen LogP contribution in [0.3, 0.4) is 0 Å². The van der Waals surface area contributed by atoms with Crippen molar-refractivity contribution in [3.8, 4) is 0 Å². The summed E-state index contributed by atoms with van der Waals surface area (Å²) in [6, 6.07) is 6.25. The minimum absolute atomic E-state index is 0.300. The maximum absolute atomic E-state index is 12.5. The molecule has 1 saturated carbocycles. The average molecular weight is 304 g/mol. The van der Waals surface area contributed by atoms with Gasteiger partial charge in [-0.25, -0.2) is 8.42 Å². The third kappa shape index (κ3) is 2.79.